The van der Waals surface area contributed by atoms with E-state index in [1.165, 1.54) is 37.8 Å². The molecule has 0 aromatic heterocycles. The second kappa shape index (κ2) is 7.35. The molecule has 1 nitrogen and oxygen atoms in total. The van der Waals surface area contributed by atoms with Crippen LogP contribution in [0.15, 0.2) is 12.1 Å². The normalized spacial score (nSPS) is 24.0. The summed E-state index contributed by atoms with van der Waals surface area (Å²) in [4.78, 5) is 0. The van der Waals surface area contributed by atoms with Gasteiger partial charge in [0.2, 0.25) is 0 Å². The van der Waals surface area contributed by atoms with Gasteiger partial charge in [0.25, 0.3) is 0 Å². The molecule has 0 aliphatic heterocycles. The van der Waals surface area contributed by atoms with Gasteiger partial charge in [0.05, 0.1) is 0 Å². The first-order chi connectivity index (χ1) is 9.97. The van der Waals surface area contributed by atoms with E-state index in [4.69, 9.17) is 0 Å². The molecule has 21 heavy (non-hydrogen) atoms. The molecule has 0 spiro atoms. The Kier molecular flexibility index (Phi) is 5.74. The van der Waals surface area contributed by atoms with Crippen LogP contribution < -0.4 is 5.32 Å². The van der Waals surface area contributed by atoms with Gasteiger partial charge in [-0.25, -0.2) is 8.78 Å². The third-order valence-electron chi connectivity index (χ3n) is 4.79. The minimum atomic E-state index is -0.332. The quantitative estimate of drug-likeness (QED) is 0.793. The van der Waals surface area contributed by atoms with E-state index in [1.54, 1.807) is 6.92 Å². The number of nitrogens with one attached hydrogen (secondary N) is 1. The first-order valence-electron chi connectivity index (χ1n) is 8.16. The summed E-state index contributed by atoms with van der Waals surface area (Å²) in [6.45, 7) is 6.68. The molecule has 1 N–H and O–H groups in total. The van der Waals surface area contributed by atoms with Crippen LogP contribution in [-0.4, -0.2) is 6.54 Å². The number of hydrogen-bond acceptors (Lipinski definition) is 1. The second-order valence-corrected chi connectivity index (χ2v) is 6.73. The Bertz CT molecular complexity index is 473. The van der Waals surface area contributed by atoms with Gasteiger partial charge in [-0.2, -0.15) is 0 Å². The molecular weight excluding hydrogens is 268 g/mol. The molecule has 1 saturated carbocycles. The van der Waals surface area contributed by atoms with Crippen molar-refractivity contribution in [2.45, 2.75) is 58.9 Å². The largest absolute Gasteiger partial charge is 0.310 e. The summed E-state index contributed by atoms with van der Waals surface area (Å²) in [5.41, 5.74) is 0.787. The summed E-state index contributed by atoms with van der Waals surface area (Å²) in [6, 6.07) is 2.46. The minimum Gasteiger partial charge on any atom is -0.310 e. The van der Waals surface area contributed by atoms with Crippen molar-refractivity contribution in [1.29, 1.82) is 0 Å². The first-order valence-corrected chi connectivity index (χ1v) is 8.16. The SMILES string of the molecule is Cc1cc(F)c(C(C)NCCC2CCCC(C)C2)cc1F. The molecule has 1 aromatic rings. The zero-order valence-electron chi connectivity index (χ0n) is 13.4. The Balaban J connectivity index is 1.84. The van der Waals surface area contributed by atoms with Crippen LogP contribution in [0.1, 0.15) is 63.1 Å². The maximum absolute atomic E-state index is 13.9. The fourth-order valence-corrected chi connectivity index (χ4v) is 3.43. The Hall–Kier alpha value is -0.960. The number of hydrogen-bond donors (Lipinski definition) is 1. The summed E-state index contributed by atoms with van der Waals surface area (Å²) in [6.07, 6.45) is 6.44. The molecule has 0 amide bonds. The standard InChI is InChI=1S/C18H27F2N/c1-12-5-4-6-15(9-12)7-8-21-14(3)16-11-17(19)13(2)10-18(16)20/h10-12,14-15,21H,4-9H2,1-3H3. The van der Waals surface area contributed by atoms with Crippen LogP contribution >= 0.6 is 0 Å². The summed E-state index contributed by atoms with van der Waals surface area (Å²) in [5, 5.41) is 3.34. The average molecular weight is 295 g/mol. The van der Waals surface area contributed by atoms with Gasteiger partial charge >= 0.3 is 0 Å². The van der Waals surface area contributed by atoms with E-state index >= 15 is 0 Å². The molecule has 0 saturated heterocycles. The van der Waals surface area contributed by atoms with Crippen molar-refractivity contribution < 1.29 is 8.78 Å². The average Bonchev–Trinajstić information content (AvgIpc) is 2.43. The van der Waals surface area contributed by atoms with Gasteiger partial charge in [-0.3, -0.25) is 0 Å². The van der Waals surface area contributed by atoms with Crippen LogP contribution in [0, 0.1) is 30.4 Å². The smallest absolute Gasteiger partial charge is 0.128 e. The van der Waals surface area contributed by atoms with E-state index in [9.17, 15) is 8.78 Å². The third-order valence-corrected chi connectivity index (χ3v) is 4.79. The van der Waals surface area contributed by atoms with Crippen molar-refractivity contribution in [2.24, 2.45) is 11.8 Å². The fraction of sp³-hybridized carbons (Fsp3) is 0.667. The minimum absolute atomic E-state index is 0.152. The molecule has 3 atom stereocenters. The highest BCUT2D eigenvalue weighted by Crippen LogP contribution is 2.30. The number of aryl methyl sites for hydroxylation is 1. The Morgan fingerprint density at radius 2 is 2.00 bits per heavy atom. The predicted molar refractivity (Wildman–Crippen MR) is 83.3 cm³/mol. The molecule has 2 rings (SSSR count). The lowest BCUT2D eigenvalue weighted by molar-refractivity contribution is 0.265. The summed E-state index contributed by atoms with van der Waals surface area (Å²) < 4.78 is 27.5. The number of rotatable bonds is 5. The van der Waals surface area contributed by atoms with Crippen molar-refractivity contribution in [3.63, 3.8) is 0 Å². The molecule has 3 heteroatoms. The predicted octanol–water partition coefficient (Wildman–Crippen LogP) is 5.14. The van der Waals surface area contributed by atoms with E-state index in [0.29, 0.717) is 11.1 Å². The lowest BCUT2D eigenvalue weighted by Crippen LogP contribution is -2.24. The molecule has 1 aliphatic carbocycles. The van der Waals surface area contributed by atoms with Crippen molar-refractivity contribution in [3.05, 3.63) is 34.9 Å². The summed E-state index contributed by atoms with van der Waals surface area (Å²) in [5.74, 6) is 0.971. The maximum atomic E-state index is 13.9. The number of halogens is 2. The molecule has 3 unspecified atom stereocenters. The zero-order chi connectivity index (χ0) is 15.4. The van der Waals surface area contributed by atoms with Crippen LogP contribution in [0.3, 0.4) is 0 Å². The van der Waals surface area contributed by atoms with Crippen molar-refractivity contribution in [3.8, 4) is 0 Å². The van der Waals surface area contributed by atoms with Crippen LogP contribution in [0.2, 0.25) is 0 Å². The molecule has 1 aliphatic rings. The van der Waals surface area contributed by atoms with Crippen LogP contribution in [-0.2, 0) is 0 Å². The topological polar surface area (TPSA) is 12.0 Å². The highest BCUT2D eigenvalue weighted by Gasteiger charge is 2.19. The Labute approximate surface area is 127 Å². The van der Waals surface area contributed by atoms with Gasteiger partial charge in [-0.1, -0.05) is 26.2 Å². The molecule has 118 valence electrons. The van der Waals surface area contributed by atoms with Crippen molar-refractivity contribution in [1.82, 2.24) is 5.32 Å². The van der Waals surface area contributed by atoms with Crippen molar-refractivity contribution >= 4 is 0 Å². The molecule has 0 heterocycles. The molecule has 1 fully saturated rings. The van der Waals surface area contributed by atoms with Gasteiger partial charge in [0, 0.05) is 11.6 Å². The van der Waals surface area contributed by atoms with Crippen LogP contribution in [0.5, 0.6) is 0 Å². The molecule has 1 aromatic carbocycles. The highest BCUT2D eigenvalue weighted by atomic mass is 19.1. The number of benzene rings is 1. The molecule has 0 bridgehead atoms. The van der Waals surface area contributed by atoms with Crippen LogP contribution in [0.4, 0.5) is 8.78 Å². The van der Waals surface area contributed by atoms with E-state index in [-0.39, 0.29) is 17.7 Å². The van der Waals surface area contributed by atoms with Crippen LogP contribution in [0.25, 0.3) is 0 Å². The van der Waals surface area contributed by atoms with Gasteiger partial charge < -0.3 is 5.32 Å². The highest BCUT2D eigenvalue weighted by molar-refractivity contribution is 5.27. The zero-order valence-corrected chi connectivity index (χ0v) is 13.4. The van der Waals surface area contributed by atoms with Gasteiger partial charge in [0.1, 0.15) is 11.6 Å². The lowest BCUT2D eigenvalue weighted by Gasteiger charge is -2.27. The van der Waals surface area contributed by atoms with E-state index in [1.807, 2.05) is 6.92 Å². The van der Waals surface area contributed by atoms with Gasteiger partial charge in [-0.05, 0) is 62.8 Å². The van der Waals surface area contributed by atoms with Crippen molar-refractivity contribution in [2.75, 3.05) is 6.54 Å². The summed E-state index contributed by atoms with van der Waals surface area (Å²) in [7, 11) is 0. The van der Waals surface area contributed by atoms with E-state index < -0.39 is 0 Å². The Morgan fingerprint density at radius 1 is 1.24 bits per heavy atom. The third kappa shape index (κ3) is 4.50. The molecular formula is C18H27F2N. The molecule has 0 radical (unpaired) electrons. The van der Waals surface area contributed by atoms with Gasteiger partial charge in [0.15, 0.2) is 0 Å². The monoisotopic (exact) mass is 295 g/mol. The fourth-order valence-electron chi connectivity index (χ4n) is 3.43. The first kappa shape index (κ1) is 16.4. The summed E-state index contributed by atoms with van der Waals surface area (Å²) >= 11 is 0. The van der Waals surface area contributed by atoms with E-state index in [2.05, 4.69) is 12.2 Å². The lowest BCUT2D eigenvalue weighted by atomic mass is 9.81. The Morgan fingerprint density at radius 3 is 2.71 bits per heavy atom. The maximum Gasteiger partial charge on any atom is 0.128 e. The van der Waals surface area contributed by atoms with Gasteiger partial charge in [-0.15, -0.1) is 0 Å². The second-order valence-electron chi connectivity index (χ2n) is 6.73. The van der Waals surface area contributed by atoms with E-state index in [0.717, 1.165) is 24.8 Å².